The van der Waals surface area contributed by atoms with E-state index >= 15 is 0 Å². The highest BCUT2D eigenvalue weighted by atomic mass is 79.9. The zero-order chi connectivity index (χ0) is 21.1. The molecule has 0 saturated carbocycles. The van der Waals surface area contributed by atoms with Crippen LogP contribution < -0.4 is 10.1 Å². The maximum absolute atomic E-state index is 13.1. The summed E-state index contributed by atoms with van der Waals surface area (Å²) in [5.74, 6) is 1.76. The van der Waals surface area contributed by atoms with Gasteiger partial charge < -0.3 is 19.9 Å². The molecule has 0 aliphatic carbocycles. The third-order valence-electron chi connectivity index (χ3n) is 5.69. The number of thioether (sulfide) groups is 1. The molecule has 0 aromatic heterocycles. The minimum Gasteiger partial charge on any atom is -0.497 e. The second kappa shape index (κ2) is 8.89. The number of halogens is 1. The highest BCUT2D eigenvalue weighted by Gasteiger charge is 2.47. The van der Waals surface area contributed by atoms with Crippen molar-refractivity contribution in [2.24, 2.45) is 0 Å². The summed E-state index contributed by atoms with van der Waals surface area (Å²) in [4.78, 5) is 29.4. The zero-order valence-corrected chi connectivity index (χ0v) is 19.2. The average molecular weight is 490 g/mol. The van der Waals surface area contributed by atoms with Gasteiger partial charge in [0.15, 0.2) is 0 Å². The number of ether oxygens (including phenoxy) is 1. The smallest absolute Gasteiger partial charge is 0.321 e. The molecular formula is C22H24BrN3O3S. The van der Waals surface area contributed by atoms with Crippen molar-refractivity contribution in [1.29, 1.82) is 0 Å². The minimum absolute atomic E-state index is 0.0728. The minimum atomic E-state index is -0.221. The number of carbonyl (C=O) groups is 2. The number of hydrogen-bond donors (Lipinski definition) is 1. The Morgan fingerprint density at radius 2 is 1.70 bits per heavy atom. The van der Waals surface area contributed by atoms with Crippen LogP contribution in [0, 0.1) is 0 Å². The Kier molecular flexibility index (Phi) is 6.24. The molecule has 0 radical (unpaired) electrons. The third kappa shape index (κ3) is 4.30. The molecule has 1 spiro atoms. The zero-order valence-electron chi connectivity index (χ0n) is 16.8. The molecule has 2 aromatic rings. The number of piperidine rings is 1. The fourth-order valence-corrected chi connectivity index (χ4v) is 5.71. The predicted molar refractivity (Wildman–Crippen MR) is 123 cm³/mol. The van der Waals surface area contributed by atoms with E-state index in [1.54, 1.807) is 7.11 Å². The number of hydrogen-bond acceptors (Lipinski definition) is 4. The fourth-order valence-electron chi connectivity index (χ4n) is 3.99. The molecule has 158 valence electrons. The van der Waals surface area contributed by atoms with Crippen molar-refractivity contribution in [2.45, 2.75) is 17.7 Å². The fraction of sp³-hybridized carbons (Fsp3) is 0.364. The van der Waals surface area contributed by atoms with E-state index in [0.717, 1.165) is 41.0 Å². The van der Waals surface area contributed by atoms with Gasteiger partial charge >= 0.3 is 6.03 Å². The Balaban J connectivity index is 1.38. The third-order valence-corrected chi connectivity index (χ3v) is 7.77. The lowest BCUT2D eigenvalue weighted by molar-refractivity contribution is 0.0585. The molecule has 2 saturated heterocycles. The lowest BCUT2D eigenvalue weighted by Gasteiger charge is -2.44. The Morgan fingerprint density at radius 3 is 2.33 bits per heavy atom. The van der Waals surface area contributed by atoms with Crippen molar-refractivity contribution in [1.82, 2.24) is 9.80 Å². The van der Waals surface area contributed by atoms with E-state index in [-0.39, 0.29) is 16.8 Å². The molecule has 0 atom stereocenters. The molecule has 2 fully saturated rings. The van der Waals surface area contributed by atoms with E-state index in [0.29, 0.717) is 18.7 Å². The van der Waals surface area contributed by atoms with Gasteiger partial charge in [-0.15, -0.1) is 11.8 Å². The van der Waals surface area contributed by atoms with Crippen molar-refractivity contribution < 1.29 is 14.3 Å². The van der Waals surface area contributed by atoms with E-state index in [1.165, 1.54) is 0 Å². The average Bonchev–Trinajstić information content (AvgIpc) is 3.17. The van der Waals surface area contributed by atoms with Gasteiger partial charge in [-0.1, -0.05) is 15.9 Å². The molecule has 0 bridgehead atoms. The first-order valence-corrected chi connectivity index (χ1v) is 11.7. The van der Waals surface area contributed by atoms with Gasteiger partial charge in [-0.25, -0.2) is 4.79 Å². The van der Waals surface area contributed by atoms with E-state index < -0.39 is 0 Å². The molecule has 3 amide bonds. The Labute approximate surface area is 189 Å². The van der Waals surface area contributed by atoms with E-state index in [4.69, 9.17) is 4.74 Å². The van der Waals surface area contributed by atoms with Gasteiger partial charge in [-0.05, 0) is 61.4 Å². The van der Waals surface area contributed by atoms with Crippen LogP contribution in [0.3, 0.4) is 0 Å². The molecule has 1 N–H and O–H groups in total. The van der Waals surface area contributed by atoms with Crippen molar-refractivity contribution in [3.8, 4) is 5.75 Å². The molecule has 0 unspecified atom stereocenters. The SMILES string of the molecule is COc1ccc(NC(=O)N2CCC3(CC2)SCCN3C(=O)c2ccc(Br)cc2)cc1. The van der Waals surface area contributed by atoms with Crippen molar-refractivity contribution in [2.75, 3.05) is 37.8 Å². The highest BCUT2D eigenvalue weighted by molar-refractivity contribution is 9.10. The van der Waals surface area contributed by atoms with Crippen molar-refractivity contribution in [3.05, 3.63) is 58.6 Å². The molecule has 4 rings (SSSR count). The molecule has 8 heteroatoms. The summed E-state index contributed by atoms with van der Waals surface area (Å²) in [6.07, 6.45) is 1.55. The van der Waals surface area contributed by atoms with E-state index in [1.807, 2.05) is 70.1 Å². The first-order valence-electron chi connectivity index (χ1n) is 9.92. The monoisotopic (exact) mass is 489 g/mol. The molecule has 2 aliphatic heterocycles. The van der Waals surface area contributed by atoms with Crippen molar-refractivity contribution in [3.63, 3.8) is 0 Å². The second-order valence-electron chi connectivity index (χ2n) is 7.40. The summed E-state index contributed by atoms with van der Waals surface area (Å²) in [6.45, 7) is 2.00. The van der Waals surface area contributed by atoms with Crippen LogP contribution in [0.25, 0.3) is 0 Å². The van der Waals surface area contributed by atoms with Gasteiger partial charge in [0.05, 0.1) is 12.0 Å². The van der Waals surface area contributed by atoms with Crippen LogP contribution in [0.4, 0.5) is 10.5 Å². The van der Waals surface area contributed by atoms with Crippen LogP contribution in [-0.2, 0) is 0 Å². The Hall–Kier alpha value is -2.19. The standard InChI is InChI=1S/C22H24BrN3O3S/c1-29-19-8-6-18(7-9-19)24-21(28)25-12-10-22(11-13-25)26(14-15-30-22)20(27)16-2-4-17(23)5-3-16/h2-9H,10-15H2,1H3,(H,24,28). The van der Waals surface area contributed by atoms with Gasteiger partial charge in [0.25, 0.3) is 5.91 Å². The summed E-state index contributed by atoms with van der Waals surface area (Å²) < 4.78 is 6.11. The quantitative estimate of drug-likeness (QED) is 0.680. The van der Waals surface area contributed by atoms with Gasteiger partial charge in [-0.2, -0.15) is 0 Å². The summed E-state index contributed by atoms with van der Waals surface area (Å²) in [5.41, 5.74) is 1.45. The lowest BCUT2D eigenvalue weighted by atomic mass is 10.0. The summed E-state index contributed by atoms with van der Waals surface area (Å²) in [7, 11) is 1.61. The number of carbonyl (C=O) groups excluding carboxylic acids is 2. The van der Waals surface area contributed by atoms with Gasteiger partial charge in [0.2, 0.25) is 0 Å². The number of nitrogens with zero attached hydrogens (tertiary/aromatic N) is 2. The van der Waals surface area contributed by atoms with Crippen molar-refractivity contribution >= 4 is 45.3 Å². The molecule has 2 aromatic carbocycles. The van der Waals surface area contributed by atoms with E-state index in [9.17, 15) is 9.59 Å². The van der Waals surface area contributed by atoms with E-state index in [2.05, 4.69) is 21.2 Å². The molecule has 2 heterocycles. The lowest BCUT2D eigenvalue weighted by Crippen LogP contribution is -2.54. The Morgan fingerprint density at radius 1 is 1.03 bits per heavy atom. The van der Waals surface area contributed by atoms with Gasteiger partial charge in [0, 0.05) is 41.1 Å². The summed E-state index contributed by atoms with van der Waals surface area (Å²) in [6, 6.07) is 14.7. The largest absolute Gasteiger partial charge is 0.497 e. The number of rotatable bonds is 3. The number of amides is 3. The predicted octanol–water partition coefficient (Wildman–Crippen LogP) is 4.67. The number of methoxy groups -OCH3 is 1. The first-order chi connectivity index (χ1) is 14.5. The Bertz CT molecular complexity index is 912. The molecular weight excluding hydrogens is 466 g/mol. The number of nitrogens with one attached hydrogen (secondary N) is 1. The van der Waals surface area contributed by atoms with Crippen LogP contribution in [0.15, 0.2) is 53.0 Å². The normalized spacial score (nSPS) is 17.8. The van der Waals surface area contributed by atoms with Gasteiger partial charge in [0.1, 0.15) is 5.75 Å². The first kappa shape index (κ1) is 21.1. The summed E-state index contributed by atoms with van der Waals surface area (Å²) in [5, 5.41) is 2.95. The van der Waals surface area contributed by atoms with Crippen LogP contribution >= 0.6 is 27.7 Å². The van der Waals surface area contributed by atoms with Crippen LogP contribution in [0.2, 0.25) is 0 Å². The maximum Gasteiger partial charge on any atom is 0.321 e. The number of urea groups is 1. The van der Waals surface area contributed by atoms with Crippen LogP contribution in [-0.4, -0.2) is 59.1 Å². The molecule has 2 aliphatic rings. The topological polar surface area (TPSA) is 61.9 Å². The second-order valence-corrected chi connectivity index (χ2v) is 9.78. The maximum atomic E-state index is 13.1. The molecule has 30 heavy (non-hydrogen) atoms. The number of anilines is 1. The summed E-state index contributed by atoms with van der Waals surface area (Å²) >= 11 is 5.27. The number of likely N-dealkylation sites (tertiary alicyclic amines) is 1. The van der Waals surface area contributed by atoms with Crippen LogP contribution in [0.5, 0.6) is 5.75 Å². The van der Waals surface area contributed by atoms with Crippen LogP contribution in [0.1, 0.15) is 23.2 Å². The highest BCUT2D eigenvalue weighted by Crippen LogP contribution is 2.44. The van der Waals surface area contributed by atoms with Gasteiger partial charge in [-0.3, -0.25) is 4.79 Å². The molecule has 6 nitrogen and oxygen atoms in total. The number of benzene rings is 2.